The Bertz CT molecular complexity index is 698. The molecule has 0 aromatic carbocycles. The predicted molar refractivity (Wildman–Crippen MR) is 100 cm³/mol. The molecule has 5 aliphatic rings. The summed E-state index contributed by atoms with van der Waals surface area (Å²) in [6.07, 6.45) is 12.7. The van der Waals surface area contributed by atoms with Gasteiger partial charge in [0, 0.05) is 12.8 Å². The Morgan fingerprint density at radius 2 is 1.77 bits per heavy atom. The minimum Gasteiger partial charge on any atom is -0.347 e. The van der Waals surface area contributed by atoms with Crippen molar-refractivity contribution in [3.63, 3.8) is 0 Å². The van der Waals surface area contributed by atoms with Crippen LogP contribution in [0.2, 0.25) is 0 Å². The second kappa shape index (κ2) is 5.54. The Hall–Kier alpha value is -0.930. The Balaban J connectivity index is 1.45. The van der Waals surface area contributed by atoms with E-state index in [2.05, 4.69) is 26.0 Å². The molecule has 5 unspecified atom stereocenters. The molecular weight excluding hydrogens is 324 g/mol. The minimum atomic E-state index is -0.321. The molecule has 3 heteroatoms. The van der Waals surface area contributed by atoms with Crippen LogP contribution in [-0.2, 0) is 14.3 Å². The summed E-state index contributed by atoms with van der Waals surface area (Å²) in [6, 6.07) is 0. The maximum absolute atomic E-state index is 12.2. The first-order valence-corrected chi connectivity index (χ1v) is 10.6. The fraction of sp³-hybridized carbons (Fsp3) is 0.783. The number of carbonyl (C=O) groups excluding carboxylic acids is 1. The molecule has 4 aliphatic carbocycles. The second-order valence-electron chi connectivity index (χ2n) is 9.91. The van der Waals surface area contributed by atoms with Crippen LogP contribution in [-0.4, -0.2) is 24.8 Å². The quantitative estimate of drug-likeness (QED) is 0.632. The first kappa shape index (κ1) is 17.2. The molecule has 1 saturated heterocycles. The van der Waals surface area contributed by atoms with Crippen LogP contribution in [0.5, 0.6) is 0 Å². The molecule has 5 atom stereocenters. The van der Waals surface area contributed by atoms with E-state index in [1.165, 1.54) is 25.7 Å². The smallest absolute Gasteiger partial charge is 0.172 e. The Labute approximate surface area is 157 Å². The lowest BCUT2D eigenvalue weighted by Crippen LogP contribution is -2.52. The summed E-state index contributed by atoms with van der Waals surface area (Å²) in [7, 11) is 0. The standard InChI is InChI=1S/C23H32O3/c1-15(24)18-6-7-19-17-5-4-16-14-23(25-12-13-26-23)11-10-21(16,2)20(17)8-9-22(18,19)3/h4,6,17,19-20H,5,7-14H2,1-3H3. The van der Waals surface area contributed by atoms with Crippen molar-refractivity contribution in [1.82, 2.24) is 0 Å². The molecule has 1 heterocycles. The lowest BCUT2D eigenvalue weighted by molar-refractivity contribution is -0.184. The van der Waals surface area contributed by atoms with Gasteiger partial charge in [-0.3, -0.25) is 4.79 Å². The summed E-state index contributed by atoms with van der Waals surface area (Å²) in [5.41, 5.74) is 3.12. The molecule has 0 radical (unpaired) electrons. The normalized spacial score (nSPS) is 46.2. The number of carbonyl (C=O) groups is 1. The Morgan fingerprint density at radius 1 is 1.00 bits per heavy atom. The van der Waals surface area contributed by atoms with E-state index in [9.17, 15) is 4.79 Å². The third-order valence-electron chi connectivity index (χ3n) is 8.88. The molecule has 0 bridgehead atoms. The van der Waals surface area contributed by atoms with E-state index in [4.69, 9.17) is 9.47 Å². The number of hydrogen-bond acceptors (Lipinski definition) is 3. The summed E-state index contributed by atoms with van der Waals surface area (Å²) < 4.78 is 12.1. The van der Waals surface area contributed by atoms with Crippen molar-refractivity contribution >= 4 is 5.78 Å². The van der Waals surface area contributed by atoms with Crippen LogP contribution >= 0.6 is 0 Å². The number of rotatable bonds is 1. The highest BCUT2D eigenvalue weighted by Crippen LogP contribution is 2.66. The van der Waals surface area contributed by atoms with Crippen LogP contribution < -0.4 is 0 Å². The van der Waals surface area contributed by atoms with Gasteiger partial charge in [-0.25, -0.2) is 0 Å². The summed E-state index contributed by atoms with van der Waals surface area (Å²) in [4.78, 5) is 12.2. The lowest BCUT2D eigenvalue weighted by Gasteiger charge is -2.58. The van der Waals surface area contributed by atoms with Gasteiger partial charge < -0.3 is 9.47 Å². The van der Waals surface area contributed by atoms with Crippen molar-refractivity contribution in [3.05, 3.63) is 23.3 Å². The first-order chi connectivity index (χ1) is 12.4. The lowest BCUT2D eigenvalue weighted by atomic mass is 9.47. The van der Waals surface area contributed by atoms with Crippen molar-refractivity contribution in [2.75, 3.05) is 13.2 Å². The summed E-state index contributed by atoms with van der Waals surface area (Å²) in [6.45, 7) is 8.13. The van der Waals surface area contributed by atoms with Gasteiger partial charge in [-0.1, -0.05) is 31.6 Å². The van der Waals surface area contributed by atoms with Gasteiger partial charge in [0.2, 0.25) is 0 Å². The molecule has 142 valence electrons. The van der Waals surface area contributed by atoms with Gasteiger partial charge in [0.1, 0.15) is 0 Å². The number of ketones is 1. The van der Waals surface area contributed by atoms with Gasteiger partial charge in [0.05, 0.1) is 13.2 Å². The van der Waals surface area contributed by atoms with Crippen molar-refractivity contribution in [2.24, 2.45) is 28.6 Å². The zero-order chi connectivity index (χ0) is 18.2. The van der Waals surface area contributed by atoms with Gasteiger partial charge >= 0.3 is 0 Å². The van der Waals surface area contributed by atoms with Crippen molar-refractivity contribution in [3.8, 4) is 0 Å². The number of hydrogen-bond donors (Lipinski definition) is 0. The zero-order valence-corrected chi connectivity index (χ0v) is 16.5. The monoisotopic (exact) mass is 356 g/mol. The molecular formula is C23H32O3. The fourth-order valence-corrected chi connectivity index (χ4v) is 7.46. The maximum Gasteiger partial charge on any atom is 0.172 e. The Kier molecular flexibility index (Phi) is 3.66. The molecule has 0 N–H and O–H groups in total. The van der Waals surface area contributed by atoms with Crippen LogP contribution in [0.4, 0.5) is 0 Å². The van der Waals surface area contributed by atoms with Crippen LogP contribution in [0.15, 0.2) is 23.3 Å². The Morgan fingerprint density at radius 3 is 2.50 bits per heavy atom. The zero-order valence-electron chi connectivity index (χ0n) is 16.5. The van der Waals surface area contributed by atoms with Gasteiger partial charge in [-0.15, -0.1) is 0 Å². The SMILES string of the molecule is CC(=O)C1=CCC2C3CC=C4CC5(CCC4(C)C3CCC12C)OCCO5. The average molecular weight is 357 g/mol. The highest BCUT2D eigenvalue weighted by molar-refractivity contribution is 5.95. The third kappa shape index (κ3) is 2.16. The third-order valence-corrected chi connectivity index (χ3v) is 8.88. The van der Waals surface area contributed by atoms with Gasteiger partial charge in [-0.2, -0.15) is 0 Å². The first-order valence-electron chi connectivity index (χ1n) is 10.6. The average Bonchev–Trinajstić information content (AvgIpc) is 3.20. The largest absolute Gasteiger partial charge is 0.347 e. The van der Waals surface area contributed by atoms with E-state index in [-0.39, 0.29) is 11.2 Å². The van der Waals surface area contributed by atoms with Crippen LogP contribution in [0.25, 0.3) is 0 Å². The molecule has 0 aromatic rings. The molecule has 1 spiro atoms. The predicted octanol–water partition coefficient (Wildman–Crippen LogP) is 4.82. The number of allylic oxidation sites excluding steroid dienone is 3. The highest BCUT2D eigenvalue weighted by Gasteiger charge is 2.59. The maximum atomic E-state index is 12.2. The van der Waals surface area contributed by atoms with Crippen molar-refractivity contribution < 1.29 is 14.3 Å². The van der Waals surface area contributed by atoms with E-state index in [0.717, 1.165) is 49.9 Å². The molecule has 26 heavy (non-hydrogen) atoms. The van der Waals surface area contributed by atoms with Gasteiger partial charge in [0.15, 0.2) is 11.6 Å². The van der Waals surface area contributed by atoms with Crippen molar-refractivity contribution in [1.29, 1.82) is 0 Å². The van der Waals surface area contributed by atoms with E-state index in [0.29, 0.717) is 17.1 Å². The fourth-order valence-electron chi connectivity index (χ4n) is 7.46. The summed E-state index contributed by atoms with van der Waals surface area (Å²) >= 11 is 0. The van der Waals surface area contributed by atoms with Gasteiger partial charge in [0.25, 0.3) is 0 Å². The molecule has 5 rings (SSSR count). The molecule has 1 aliphatic heterocycles. The summed E-state index contributed by atoms with van der Waals surface area (Å²) in [5.74, 6) is 2.08. The van der Waals surface area contributed by atoms with Crippen molar-refractivity contribution in [2.45, 2.75) is 71.5 Å². The van der Waals surface area contributed by atoms with E-state index in [1.807, 2.05) is 0 Å². The van der Waals surface area contributed by atoms with Crippen LogP contribution in [0.1, 0.15) is 65.7 Å². The minimum absolute atomic E-state index is 0.113. The molecule has 2 saturated carbocycles. The number of ether oxygens (including phenoxy) is 2. The van der Waals surface area contributed by atoms with Crippen LogP contribution in [0.3, 0.4) is 0 Å². The number of Topliss-reactive ketones (excluding diaryl/α,β-unsaturated/α-hetero) is 1. The van der Waals surface area contributed by atoms with E-state index in [1.54, 1.807) is 12.5 Å². The van der Waals surface area contributed by atoms with Crippen LogP contribution in [0, 0.1) is 28.6 Å². The van der Waals surface area contributed by atoms with Gasteiger partial charge in [-0.05, 0) is 73.2 Å². The highest BCUT2D eigenvalue weighted by atomic mass is 16.7. The molecule has 3 fully saturated rings. The van der Waals surface area contributed by atoms with E-state index < -0.39 is 0 Å². The van der Waals surface area contributed by atoms with E-state index >= 15 is 0 Å². The number of fused-ring (bicyclic) bond motifs is 5. The molecule has 0 aromatic heterocycles. The molecule has 3 nitrogen and oxygen atoms in total. The summed E-state index contributed by atoms with van der Waals surface area (Å²) in [5, 5.41) is 0. The topological polar surface area (TPSA) is 35.5 Å². The second-order valence-corrected chi connectivity index (χ2v) is 9.91. The molecule has 0 amide bonds.